The number of hydrogen-bond donors (Lipinski definition) is 0. The van der Waals surface area contributed by atoms with Crippen LogP contribution in [0, 0.1) is 0 Å². The average molecular weight is 358 g/mol. The molecule has 4 rings (SSSR count). The van der Waals surface area contributed by atoms with Crippen molar-refractivity contribution in [2.45, 2.75) is 50.0 Å². The van der Waals surface area contributed by atoms with E-state index in [1.165, 1.54) is 0 Å². The number of benzene rings is 1. The Morgan fingerprint density at radius 2 is 1.50 bits per heavy atom. The maximum atomic E-state index is 6.37. The fourth-order valence-electron chi connectivity index (χ4n) is 3.81. The van der Waals surface area contributed by atoms with Gasteiger partial charge in [0.25, 0.3) is 0 Å². The predicted octanol–water partition coefficient (Wildman–Crippen LogP) is 3.04. The van der Waals surface area contributed by atoms with Crippen LogP contribution in [0.15, 0.2) is 48.6 Å². The Morgan fingerprint density at radius 3 is 2.08 bits per heavy atom. The van der Waals surface area contributed by atoms with Gasteiger partial charge in [-0.15, -0.1) is 0 Å². The molecule has 0 aliphatic carbocycles. The van der Waals surface area contributed by atoms with Crippen LogP contribution in [0.5, 0.6) is 5.75 Å². The molecule has 5 heteroatoms. The van der Waals surface area contributed by atoms with E-state index < -0.39 is 0 Å². The van der Waals surface area contributed by atoms with E-state index in [0.29, 0.717) is 19.8 Å². The van der Waals surface area contributed by atoms with E-state index in [4.69, 9.17) is 23.7 Å². The van der Waals surface area contributed by atoms with Crippen LogP contribution in [0.2, 0.25) is 0 Å². The Hall–Kier alpha value is -1.66. The molecule has 0 radical (unpaired) electrons. The lowest BCUT2D eigenvalue weighted by atomic mass is 9.91. The zero-order chi connectivity index (χ0) is 17.8. The van der Waals surface area contributed by atoms with Gasteiger partial charge in [0.15, 0.2) is 0 Å². The second kappa shape index (κ2) is 8.35. The van der Waals surface area contributed by atoms with Gasteiger partial charge in [-0.3, -0.25) is 0 Å². The van der Waals surface area contributed by atoms with E-state index in [-0.39, 0.29) is 30.5 Å². The van der Waals surface area contributed by atoms with E-state index >= 15 is 0 Å². The number of ether oxygens (including phenoxy) is 5. The predicted molar refractivity (Wildman–Crippen MR) is 97.2 cm³/mol. The number of fused-ring (bicyclic) bond motifs is 2. The van der Waals surface area contributed by atoms with Gasteiger partial charge < -0.3 is 23.7 Å². The smallest absolute Gasteiger partial charge is 0.118 e. The van der Waals surface area contributed by atoms with E-state index in [0.717, 1.165) is 24.2 Å². The second-order valence-corrected chi connectivity index (χ2v) is 6.85. The van der Waals surface area contributed by atoms with Crippen molar-refractivity contribution in [3.8, 4) is 5.75 Å². The Bertz CT molecular complexity index is 608. The summed E-state index contributed by atoms with van der Waals surface area (Å²) in [5, 5.41) is 0. The minimum atomic E-state index is -0.152. The van der Waals surface area contributed by atoms with Crippen LogP contribution < -0.4 is 4.74 Å². The summed E-state index contributed by atoms with van der Waals surface area (Å²) in [6, 6.07) is 7.95. The van der Waals surface area contributed by atoms with Crippen molar-refractivity contribution in [2.75, 3.05) is 20.3 Å². The van der Waals surface area contributed by atoms with Crippen LogP contribution in [0.25, 0.3) is 0 Å². The molecule has 140 valence electrons. The molecule has 3 aliphatic heterocycles. The molecule has 5 nitrogen and oxygen atoms in total. The summed E-state index contributed by atoms with van der Waals surface area (Å²) in [7, 11) is 1.67. The molecular weight excluding hydrogens is 332 g/mol. The lowest BCUT2D eigenvalue weighted by molar-refractivity contribution is -0.252. The standard InChI is InChI=1S/C21H26O5/c1-22-16-10-8-15(9-11-16)14-25-21-19-17(6-2-4-12-23-19)26-18-7-3-5-13-24-20(18)21/h2-5,8-11,17-21H,6-7,12-14H2,1H3/t17-,18+,19-,20+,21?. The monoisotopic (exact) mass is 358 g/mol. The third-order valence-corrected chi connectivity index (χ3v) is 5.17. The van der Waals surface area contributed by atoms with Crippen molar-refractivity contribution in [3.05, 3.63) is 54.1 Å². The average Bonchev–Trinajstić information content (AvgIpc) is 3.06. The Morgan fingerprint density at radius 1 is 0.885 bits per heavy atom. The third-order valence-electron chi connectivity index (χ3n) is 5.17. The molecule has 5 atom stereocenters. The highest BCUT2D eigenvalue weighted by molar-refractivity contribution is 5.26. The normalized spacial score (nSPS) is 33.7. The van der Waals surface area contributed by atoms with Gasteiger partial charge >= 0.3 is 0 Å². The molecule has 1 aromatic carbocycles. The fourth-order valence-corrected chi connectivity index (χ4v) is 3.81. The molecule has 1 fully saturated rings. The second-order valence-electron chi connectivity index (χ2n) is 6.85. The van der Waals surface area contributed by atoms with Gasteiger partial charge in [0.1, 0.15) is 24.1 Å². The molecule has 3 heterocycles. The van der Waals surface area contributed by atoms with Crippen LogP contribution in [-0.4, -0.2) is 50.8 Å². The fraction of sp³-hybridized carbons (Fsp3) is 0.524. The van der Waals surface area contributed by atoms with Crippen molar-refractivity contribution in [1.29, 1.82) is 0 Å². The first-order chi connectivity index (χ1) is 12.8. The van der Waals surface area contributed by atoms with Crippen LogP contribution in [0.4, 0.5) is 0 Å². The molecule has 0 bridgehead atoms. The summed E-state index contributed by atoms with van der Waals surface area (Å²) in [6.45, 7) is 1.68. The summed E-state index contributed by atoms with van der Waals surface area (Å²) < 4.78 is 30.1. The van der Waals surface area contributed by atoms with Crippen molar-refractivity contribution in [3.63, 3.8) is 0 Å². The van der Waals surface area contributed by atoms with Crippen LogP contribution in [0.1, 0.15) is 18.4 Å². The molecule has 1 saturated heterocycles. The highest BCUT2D eigenvalue weighted by Crippen LogP contribution is 2.34. The minimum Gasteiger partial charge on any atom is -0.497 e. The summed E-state index contributed by atoms with van der Waals surface area (Å²) in [5.41, 5.74) is 1.10. The largest absolute Gasteiger partial charge is 0.497 e. The minimum absolute atomic E-state index is 0.00553. The topological polar surface area (TPSA) is 46.2 Å². The zero-order valence-electron chi connectivity index (χ0n) is 15.1. The van der Waals surface area contributed by atoms with Gasteiger partial charge in [-0.05, 0) is 30.5 Å². The third kappa shape index (κ3) is 3.86. The summed E-state index contributed by atoms with van der Waals surface area (Å²) in [6.07, 6.45) is 9.69. The molecule has 1 aromatic rings. The first-order valence-corrected chi connectivity index (χ1v) is 9.28. The first kappa shape index (κ1) is 17.7. The summed E-state index contributed by atoms with van der Waals surface area (Å²) in [4.78, 5) is 0. The van der Waals surface area contributed by atoms with Crippen LogP contribution >= 0.6 is 0 Å². The maximum Gasteiger partial charge on any atom is 0.118 e. The number of hydrogen-bond acceptors (Lipinski definition) is 5. The van der Waals surface area contributed by atoms with E-state index in [2.05, 4.69) is 24.3 Å². The van der Waals surface area contributed by atoms with Crippen molar-refractivity contribution < 1.29 is 23.7 Å². The SMILES string of the molecule is COc1ccc(COC2[C@H]3OCC=CC[C@@H]3O[C@@H]3CC=CCO[C@@H]23)cc1. The van der Waals surface area contributed by atoms with Gasteiger partial charge in [-0.1, -0.05) is 36.4 Å². The summed E-state index contributed by atoms with van der Waals surface area (Å²) in [5.74, 6) is 0.844. The maximum absolute atomic E-state index is 6.37. The lowest BCUT2D eigenvalue weighted by Gasteiger charge is -2.45. The molecule has 0 N–H and O–H groups in total. The zero-order valence-corrected chi connectivity index (χ0v) is 15.1. The van der Waals surface area contributed by atoms with Gasteiger partial charge in [-0.25, -0.2) is 0 Å². The molecule has 1 unspecified atom stereocenters. The van der Waals surface area contributed by atoms with E-state index in [1.807, 2.05) is 24.3 Å². The highest BCUT2D eigenvalue weighted by Gasteiger charge is 2.47. The van der Waals surface area contributed by atoms with Gasteiger partial charge in [-0.2, -0.15) is 0 Å². The van der Waals surface area contributed by atoms with E-state index in [1.54, 1.807) is 7.11 Å². The van der Waals surface area contributed by atoms with Crippen LogP contribution in [-0.2, 0) is 25.6 Å². The van der Waals surface area contributed by atoms with Gasteiger partial charge in [0.2, 0.25) is 0 Å². The van der Waals surface area contributed by atoms with E-state index in [9.17, 15) is 0 Å². The summed E-state index contributed by atoms with van der Waals surface area (Å²) >= 11 is 0. The molecular formula is C21H26O5. The molecule has 26 heavy (non-hydrogen) atoms. The Labute approximate surface area is 154 Å². The van der Waals surface area contributed by atoms with Gasteiger partial charge in [0.05, 0.1) is 39.1 Å². The Balaban J connectivity index is 1.50. The molecule has 0 saturated carbocycles. The molecule has 0 spiro atoms. The van der Waals surface area contributed by atoms with Crippen molar-refractivity contribution >= 4 is 0 Å². The number of methoxy groups -OCH3 is 1. The molecule has 3 aliphatic rings. The van der Waals surface area contributed by atoms with Crippen molar-refractivity contribution in [2.24, 2.45) is 0 Å². The van der Waals surface area contributed by atoms with Gasteiger partial charge in [0, 0.05) is 0 Å². The highest BCUT2D eigenvalue weighted by atomic mass is 16.6. The van der Waals surface area contributed by atoms with Crippen molar-refractivity contribution in [1.82, 2.24) is 0 Å². The Kier molecular flexibility index (Phi) is 5.70. The van der Waals surface area contributed by atoms with Crippen LogP contribution in [0.3, 0.4) is 0 Å². The first-order valence-electron chi connectivity index (χ1n) is 9.28. The molecule has 0 aromatic heterocycles. The molecule has 0 amide bonds. The lowest BCUT2D eigenvalue weighted by Crippen LogP contribution is -2.59. The number of rotatable bonds is 4. The quantitative estimate of drug-likeness (QED) is 0.774.